The highest BCUT2D eigenvalue weighted by molar-refractivity contribution is 5.89. The van der Waals surface area contributed by atoms with E-state index in [1.807, 2.05) is 0 Å². The van der Waals surface area contributed by atoms with Crippen molar-refractivity contribution in [1.29, 1.82) is 0 Å². The van der Waals surface area contributed by atoms with Crippen molar-refractivity contribution in [2.45, 2.75) is 6.92 Å². The summed E-state index contributed by atoms with van der Waals surface area (Å²) >= 11 is 0. The molecule has 0 saturated carbocycles. The van der Waals surface area contributed by atoms with Crippen molar-refractivity contribution in [3.63, 3.8) is 0 Å². The maximum absolute atomic E-state index is 13.7. The molecule has 0 aliphatic carbocycles. The van der Waals surface area contributed by atoms with Crippen molar-refractivity contribution in [2.75, 3.05) is 0 Å². The third-order valence-corrected chi connectivity index (χ3v) is 2.71. The number of hydrogen-bond acceptors (Lipinski definition) is 2. The van der Waals surface area contributed by atoms with Gasteiger partial charge in [-0.25, -0.2) is 13.6 Å². The summed E-state index contributed by atoms with van der Waals surface area (Å²) < 4.78 is 26.5. The van der Waals surface area contributed by atoms with Crippen LogP contribution in [0.1, 0.15) is 16.1 Å². The standard InChI is InChI=1S/C13H9F2NO3/c1-6-11(8-3-2-7(14)4-10(8)15)12(17)9(5-16-6)13(18)19/h2-5H,1H3,(H,16,17)(H,18,19). The van der Waals surface area contributed by atoms with Gasteiger partial charge in [-0.05, 0) is 19.1 Å². The summed E-state index contributed by atoms with van der Waals surface area (Å²) in [6.45, 7) is 1.51. The Hall–Kier alpha value is -2.50. The molecule has 2 aromatic rings. The number of benzene rings is 1. The monoisotopic (exact) mass is 265 g/mol. The van der Waals surface area contributed by atoms with E-state index in [2.05, 4.69) is 4.98 Å². The summed E-state index contributed by atoms with van der Waals surface area (Å²) in [5.41, 5.74) is -1.25. The topological polar surface area (TPSA) is 70.2 Å². The first-order valence-electron chi connectivity index (χ1n) is 5.33. The van der Waals surface area contributed by atoms with E-state index in [1.165, 1.54) is 6.92 Å². The second-order valence-corrected chi connectivity index (χ2v) is 3.96. The van der Waals surface area contributed by atoms with Crippen LogP contribution in [0.5, 0.6) is 0 Å². The van der Waals surface area contributed by atoms with Crippen molar-refractivity contribution in [1.82, 2.24) is 4.98 Å². The van der Waals surface area contributed by atoms with Crippen LogP contribution in [0.25, 0.3) is 11.1 Å². The summed E-state index contributed by atoms with van der Waals surface area (Å²) in [5, 5.41) is 8.87. The molecule has 19 heavy (non-hydrogen) atoms. The molecule has 0 atom stereocenters. The van der Waals surface area contributed by atoms with Crippen LogP contribution in [0, 0.1) is 18.6 Å². The molecular formula is C13H9F2NO3. The van der Waals surface area contributed by atoms with Crippen LogP contribution in [0.3, 0.4) is 0 Å². The van der Waals surface area contributed by atoms with Crippen LogP contribution in [0.4, 0.5) is 8.78 Å². The lowest BCUT2D eigenvalue weighted by Crippen LogP contribution is -2.18. The van der Waals surface area contributed by atoms with Gasteiger partial charge < -0.3 is 10.1 Å². The van der Waals surface area contributed by atoms with Crippen LogP contribution < -0.4 is 5.43 Å². The molecule has 0 saturated heterocycles. The van der Waals surface area contributed by atoms with E-state index >= 15 is 0 Å². The summed E-state index contributed by atoms with van der Waals surface area (Å²) in [6.07, 6.45) is 1.05. The van der Waals surface area contributed by atoms with Gasteiger partial charge in [0.1, 0.15) is 17.2 Å². The Morgan fingerprint density at radius 3 is 2.58 bits per heavy atom. The van der Waals surface area contributed by atoms with E-state index in [9.17, 15) is 18.4 Å². The van der Waals surface area contributed by atoms with Gasteiger partial charge in [-0.3, -0.25) is 4.79 Å². The average molecular weight is 265 g/mol. The van der Waals surface area contributed by atoms with Gasteiger partial charge in [-0.2, -0.15) is 0 Å². The van der Waals surface area contributed by atoms with Crippen molar-refractivity contribution in [3.8, 4) is 11.1 Å². The molecule has 1 aromatic carbocycles. The Kier molecular flexibility index (Phi) is 3.16. The molecule has 0 spiro atoms. The molecule has 0 aliphatic heterocycles. The number of H-pyrrole nitrogens is 1. The number of carbonyl (C=O) groups is 1. The summed E-state index contributed by atoms with van der Waals surface area (Å²) in [4.78, 5) is 25.5. The van der Waals surface area contributed by atoms with E-state index in [0.29, 0.717) is 11.8 Å². The minimum absolute atomic E-state index is 0.114. The van der Waals surface area contributed by atoms with E-state index in [1.54, 1.807) is 0 Å². The smallest absolute Gasteiger partial charge is 0.341 e. The average Bonchev–Trinajstić information content (AvgIpc) is 2.31. The fourth-order valence-electron chi connectivity index (χ4n) is 1.80. The quantitative estimate of drug-likeness (QED) is 0.875. The Labute approximate surface area is 106 Å². The Bertz CT molecular complexity index is 722. The van der Waals surface area contributed by atoms with Crippen LogP contribution in [-0.4, -0.2) is 16.1 Å². The summed E-state index contributed by atoms with van der Waals surface area (Å²) in [7, 11) is 0. The molecule has 98 valence electrons. The zero-order chi connectivity index (χ0) is 14.2. The third-order valence-electron chi connectivity index (χ3n) is 2.71. The molecule has 0 aliphatic rings. The zero-order valence-electron chi connectivity index (χ0n) is 9.83. The molecular weight excluding hydrogens is 256 g/mol. The fourth-order valence-corrected chi connectivity index (χ4v) is 1.80. The number of aromatic amines is 1. The minimum atomic E-state index is -1.41. The number of nitrogens with one attached hydrogen (secondary N) is 1. The Morgan fingerprint density at radius 1 is 1.32 bits per heavy atom. The van der Waals surface area contributed by atoms with E-state index in [-0.39, 0.29) is 11.1 Å². The van der Waals surface area contributed by atoms with Gasteiger partial charge in [0, 0.05) is 23.5 Å². The molecule has 0 bridgehead atoms. The SMILES string of the molecule is Cc1[nH]cc(C(=O)O)c(=O)c1-c1ccc(F)cc1F. The molecule has 0 radical (unpaired) electrons. The van der Waals surface area contributed by atoms with E-state index < -0.39 is 28.6 Å². The van der Waals surface area contributed by atoms with Crippen molar-refractivity contribution < 1.29 is 18.7 Å². The largest absolute Gasteiger partial charge is 0.477 e. The van der Waals surface area contributed by atoms with Crippen LogP contribution in [0.15, 0.2) is 29.2 Å². The Morgan fingerprint density at radius 2 is 2.00 bits per heavy atom. The van der Waals surface area contributed by atoms with Gasteiger partial charge in [-0.1, -0.05) is 0 Å². The van der Waals surface area contributed by atoms with Crippen LogP contribution in [-0.2, 0) is 0 Å². The number of carboxylic acids is 1. The maximum Gasteiger partial charge on any atom is 0.341 e. The van der Waals surface area contributed by atoms with Gasteiger partial charge in [-0.15, -0.1) is 0 Å². The number of carboxylic acid groups (broad SMARTS) is 1. The minimum Gasteiger partial charge on any atom is -0.477 e. The number of aromatic carboxylic acids is 1. The van der Waals surface area contributed by atoms with Gasteiger partial charge in [0.15, 0.2) is 0 Å². The molecule has 4 nitrogen and oxygen atoms in total. The van der Waals surface area contributed by atoms with Gasteiger partial charge in [0.2, 0.25) is 5.43 Å². The number of aromatic nitrogens is 1. The Balaban J connectivity index is 2.78. The number of aryl methyl sites for hydroxylation is 1. The highest BCUT2D eigenvalue weighted by atomic mass is 19.1. The first-order valence-corrected chi connectivity index (χ1v) is 5.33. The maximum atomic E-state index is 13.7. The number of pyridine rings is 1. The molecule has 0 amide bonds. The predicted molar refractivity (Wildman–Crippen MR) is 64.1 cm³/mol. The lowest BCUT2D eigenvalue weighted by atomic mass is 10.0. The van der Waals surface area contributed by atoms with E-state index in [4.69, 9.17) is 5.11 Å². The summed E-state index contributed by atoms with van der Waals surface area (Å²) in [5.74, 6) is -3.11. The van der Waals surface area contributed by atoms with Crippen molar-refractivity contribution >= 4 is 5.97 Å². The highest BCUT2D eigenvalue weighted by Gasteiger charge is 2.18. The fraction of sp³-hybridized carbons (Fsp3) is 0.0769. The number of halogens is 2. The molecule has 2 N–H and O–H groups in total. The molecule has 0 unspecified atom stereocenters. The lowest BCUT2D eigenvalue weighted by molar-refractivity contribution is 0.0695. The van der Waals surface area contributed by atoms with Crippen LogP contribution >= 0.6 is 0 Å². The first-order chi connectivity index (χ1) is 8.91. The van der Waals surface area contributed by atoms with E-state index in [0.717, 1.165) is 18.3 Å². The lowest BCUT2D eigenvalue weighted by Gasteiger charge is -2.07. The number of hydrogen-bond donors (Lipinski definition) is 2. The summed E-state index contributed by atoms with van der Waals surface area (Å²) in [6, 6.07) is 2.75. The molecule has 1 aromatic heterocycles. The molecule has 1 heterocycles. The molecule has 6 heteroatoms. The second-order valence-electron chi connectivity index (χ2n) is 3.96. The van der Waals surface area contributed by atoms with Gasteiger partial charge >= 0.3 is 5.97 Å². The highest BCUT2D eigenvalue weighted by Crippen LogP contribution is 2.23. The van der Waals surface area contributed by atoms with Crippen molar-refractivity contribution in [2.24, 2.45) is 0 Å². The van der Waals surface area contributed by atoms with Crippen LogP contribution in [0.2, 0.25) is 0 Å². The first kappa shape index (κ1) is 12.9. The molecule has 0 fully saturated rings. The van der Waals surface area contributed by atoms with Crippen molar-refractivity contribution in [3.05, 3.63) is 57.5 Å². The normalized spacial score (nSPS) is 10.5. The molecule has 2 rings (SSSR count). The third kappa shape index (κ3) is 2.24. The van der Waals surface area contributed by atoms with Gasteiger partial charge in [0.05, 0.1) is 5.56 Å². The van der Waals surface area contributed by atoms with Gasteiger partial charge in [0.25, 0.3) is 0 Å². The predicted octanol–water partition coefficient (Wildman–Crippen LogP) is 2.33. The number of rotatable bonds is 2. The second kappa shape index (κ2) is 4.64. The zero-order valence-corrected chi connectivity index (χ0v) is 9.83.